The van der Waals surface area contributed by atoms with Crippen molar-refractivity contribution in [3.05, 3.63) is 83.9 Å². The second-order valence-corrected chi connectivity index (χ2v) is 8.72. The number of piperazine rings is 1. The Morgan fingerprint density at radius 2 is 1.77 bits per heavy atom. The van der Waals surface area contributed by atoms with Crippen molar-refractivity contribution in [1.29, 1.82) is 0 Å². The Hall–Kier alpha value is -3.78. The van der Waals surface area contributed by atoms with Gasteiger partial charge in [-0.15, -0.1) is 0 Å². The van der Waals surface area contributed by atoms with Gasteiger partial charge < -0.3 is 20.3 Å². The van der Waals surface area contributed by atoms with E-state index in [1.54, 1.807) is 4.90 Å². The summed E-state index contributed by atoms with van der Waals surface area (Å²) in [5.41, 5.74) is 1.95. The first-order valence-electron chi connectivity index (χ1n) is 11.6. The van der Waals surface area contributed by atoms with Crippen LogP contribution in [0.5, 0.6) is 0 Å². The molecule has 0 spiro atoms. The average Bonchev–Trinajstić information content (AvgIpc) is 2.86. The normalized spacial score (nSPS) is 15.4. The number of thiocarbonyl (C=S) groups is 1. The molecule has 8 heteroatoms. The van der Waals surface area contributed by atoms with Crippen LogP contribution in [0.25, 0.3) is 10.8 Å². The Balaban J connectivity index is 1.34. The van der Waals surface area contributed by atoms with Crippen molar-refractivity contribution in [2.24, 2.45) is 0 Å². The number of esters is 1. The van der Waals surface area contributed by atoms with Crippen LogP contribution in [-0.4, -0.2) is 53.5 Å². The zero-order valence-electron chi connectivity index (χ0n) is 19.2. The van der Waals surface area contributed by atoms with Crippen molar-refractivity contribution < 1.29 is 19.1 Å². The molecule has 1 fully saturated rings. The molecule has 0 aromatic heterocycles. The van der Waals surface area contributed by atoms with Gasteiger partial charge in [-0.25, -0.2) is 0 Å². The van der Waals surface area contributed by atoms with Gasteiger partial charge in [0.1, 0.15) is 6.04 Å². The molecule has 7 nitrogen and oxygen atoms in total. The molecule has 1 aliphatic rings. The molecule has 180 valence electrons. The minimum Gasteiger partial charge on any atom is -0.465 e. The molecule has 2 amide bonds. The smallest absolute Gasteiger partial charge is 0.308 e. The predicted molar refractivity (Wildman–Crippen MR) is 138 cm³/mol. The summed E-state index contributed by atoms with van der Waals surface area (Å²) in [4.78, 5) is 39.3. The van der Waals surface area contributed by atoms with Crippen molar-refractivity contribution in [2.45, 2.75) is 25.3 Å². The lowest BCUT2D eigenvalue weighted by Crippen LogP contribution is -2.60. The van der Waals surface area contributed by atoms with E-state index in [4.69, 9.17) is 17.0 Å². The molecule has 4 rings (SSSR count). The average molecular weight is 490 g/mol. The minimum absolute atomic E-state index is 0.132. The molecular formula is C27H27N3O4S. The van der Waals surface area contributed by atoms with Gasteiger partial charge in [0, 0.05) is 19.5 Å². The standard InChI is InChI=1S/C27H27N3O4S/c31-24(17-21-11-6-10-20-9-4-5-12-22(20)21)29-27(35)30-15-14-28-26(33)23(30)18-25(32)34-16-13-19-7-2-1-3-8-19/h1-12,23H,13-18H2,(H,28,33)(H,29,31,35). The van der Waals surface area contributed by atoms with Crippen LogP contribution < -0.4 is 10.6 Å². The quantitative estimate of drug-likeness (QED) is 0.392. The van der Waals surface area contributed by atoms with Crippen molar-refractivity contribution >= 4 is 45.9 Å². The summed E-state index contributed by atoms with van der Waals surface area (Å²) in [7, 11) is 0. The predicted octanol–water partition coefficient (Wildman–Crippen LogP) is 2.76. The highest BCUT2D eigenvalue weighted by molar-refractivity contribution is 7.80. The molecule has 1 heterocycles. The lowest BCUT2D eigenvalue weighted by molar-refractivity contribution is -0.147. The van der Waals surface area contributed by atoms with E-state index in [0.29, 0.717) is 19.5 Å². The van der Waals surface area contributed by atoms with Crippen molar-refractivity contribution in [2.75, 3.05) is 19.7 Å². The SMILES string of the molecule is O=C(Cc1cccc2ccccc12)NC(=S)N1CCNC(=O)C1CC(=O)OCCc1ccccc1. The molecule has 0 radical (unpaired) electrons. The number of carbonyl (C=O) groups is 3. The molecule has 0 aliphatic carbocycles. The number of ether oxygens (including phenoxy) is 1. The molecule has 1 atom stereocenters. The number of nitrogens with one attached hydrogen (secondary N) is 2. The number of amides is 2. The van der Waals surface area contributed by atoms with Crippen LogP contribution in [0.15, 0.2) is 72.8 Å². The highest BCUT2D eigenvalue weighted by Gasteiger charge is 2.34. The summed E-state index contributed by atoms with van der Waals surface area (Å²) < 4.78 is 5.35. The van der Waals surface area contributed by atoms with Crippen LogP contribution in [0.2, 0.25) is 0 Å². The van der Waals surface area contributed by atoms with E-state index in [9.17, 15) is 14.4 Å². The number of hydrogen-bond acceptors (Lipinski definition) is 5. The van der Waals surface area contributed by atoms with E-state index in [1.807, 2.05) is 72.8 Å². The fraction of sp³-hybridized carbons (Fsp3) is 0.259. The number of hydrogen-bond donors (Lipinski definition) is 2. The molecule has 3 aromatic rings. The third kappa shape index (κ3) is 6.42. The zero-order chi connectivity index (χ0) is 24.6. The number of benzene rings is 3. The minimum atomic E-state index is -0.835. The molecule has 0 bridgehead atoms. The second-order valence-electron chi connectivity index (χ2n) is 8.33. The van der Waals surface area contributed by atoms with Gasteiger partial charge in [-0.2, -0.15) is 0 Å². The maximum absolute atomic E-state index is 12.8. The summed E-state index contributed by atoms with van der Waals surface area (Å²) in [6, 6.07) is 22.6. The third-order valence-corrected chi connectivity index (χ3v) is 6.26. The van der Waals surface area contributed by atoms with Gasteiger partial charge in [-0.3, -0.25) is 14.4 Å². The molecular weight excluding hydrogens is 462 g/mol. The van der Waals surface area contributed by atoms with E-state index in [-0.39, 0.29) is 36.4 Å². The van der Waals surface area contributed by atoms with Crippen LogP contribution >= 0.6 is 12.2 Å². The molecule has 1 saturated heterocycles. The number of fused-ring (bicyclic) bond motifs is 1. The number of rotatable bonds is 7. The van der Waals surface area contributed by atoms with Gasteiger partial charge in [0.25, 0.3) is 0 Å². The van der Waals surface area contributed by atoms with Crippen LogP contribution in [-0.2, 0) is 32.0 Å². The molecule has 1 aliphatic heterocycles. The first-order valence-corrected chi connectivity index (χ1v) is 12.0. The lowest BCUT2D eigenvalue weighted by atomic mass is 10.0. The van der Waals surface area contributed by atoms with Crippen LogP contribution in [0.3, 0.4) is 0 Å². The molecule has 3 aromatic carbocycles. The van der Waals surface area contributed by atoms with Crippen molar-refractivity contribution in [3.63, 3.8) is 0 Å². The summed E-state index contributed by atoms with van der Waals surface area (Å²) in [5.74, 6) is -1.08. The van der Waals surface area contributed by atoms with E-state index < -0.39 is 12.0 Å². The third-order valence-electron chi connectivity index (χ3n) is 5.93. The number of carbonyl (C=O) groups excluding carboxylic acids is 3. The zero-order valence-corrected chi connectivity index (χ0v) is 20.1. The fourth-order valence-corrected chi connectivity index (χ4v) is 4.49. The first kappa shape index (κ1) is 24.3. The Labute approximate surface area is 209 Å². The fourth-order valence-electron chi connectivity index (χ4n) is 4.16. The lowest BCUT2D eigenvalue weighted by Gasteiger charge is -2.36. The highest BCUT2D eigenvalue weighted by Crippen LogP contribution is 2.19. The van der Waals surface area contributed by atoms with E-state index >= 15 is 0 Å². The Bertz CT molecular complexity index is 1230. The van der Waals surface area contributed by atoms with Gasteiger partial charge in [-0.05, 0) is 34.1 Å². The van der Waals surface area contributed by atoms with E-state index in [2.05, 4.69) is 10.6 Å². The first-order chi connectivity index (χ1) is 17.0. The van der Waals surface area contributed by atoms with Gasteiger partial charge in [0.2, 0.25) is 11.8 Å². The van der Waals surface area contributed by atoms with Crippen molar-refractivity contribution in [1.82, 2.24) is 15.5 Å². The topological polar surface area (TPSA) is 87.7 Å². The van der Waals surface area contributed by atoms with Gasteiger partial charge in [-0.1, -0.05) is 72.8 Å². The van der Waals surface area contributed by atoms with E-state index in [0.717, 1.165) is 21.9 Å². The number of nitrogens with zero attached hydrogens (tertiary/aromatic N) is 1. The van der Waals surface area contributed by atoms with Crippen LogP contribution in [0.1, 0.15) is 17.5 Å². The largest absolute Gasteiger partial charge is 0.465 e. The Kier molecular flexibility index (Phi) is 8.05. The molecule has 1 unspecified atom stereocenters. The van der Waals surface area contributed by atoms with Crippen molar-refractivity contribution in [3.8, 4) is 0 Å². The van der Waals surface area contributed by atoms with Gasteiger partial charge >= 0.3 is 5.97 Å². The monoisotopic (exact) mass is 489 g/mol. The highest BCUT2D eigenvalue weighted by atomic mass is 32.1. The molecule has 0 saturated carbocycles. The Morgan fingerprint density at radius 3 is 2.60 bits per heavy atom. The van der Waals surface area contributed by atoms with Gasteiger partial charge in [0.15, 0.2) is 5.11 Å². The maximum atomic E-state index is 12.8. The van der Waals surface area contributed by atoms with Crippen LogP contribution in [0.4, 0.5) is 0 Å². The molecule has 2 N–H and O–H groups in total. The summed E-state index contributed by atoms with van der Waals surface area (Å²) in [6.45, 7) is 0.988. The van der Waals surface area contributed by atoms with Gasteiger partial charge in [0.05, 0.1) is 19.4 Å². The van der Waals surface area contributed by atoms with E-state index in [1.165, 1.54) is 0 Å². The Morgan fingerprint density at radius 1 is 1.03 bits per heavy atom. The summed E-state index contributed by atoms with van der Waals surface area (Å²) in [5, 5.41) is 7.68. The van der Waals surface area contributed by atoms with Crippen LogP contribution in [0, 0.1) is 0 Å². The summed E-state index contributed by atoms with van der Waals surface area (Å²) >= 11 is 5.46. The maximum Gasteiger partial charge on any atom is 0.308 e. The second kappa shape index (κ2) is 11.6. The summed E-state index contributed by atoms with van der Waals surface area (Å²) in [6.07, 6.45) is 0.587. The molecule has 35 heavy (non-hydrogen) atoms.